The van der Waals surface area contributed by atoms with Crippen molar-refractivity contribution in [2.75, 3.05) is 34.4 Å². The number of thioether (sulfide) groups is 1. The van der Waals surface area contributed by atoms with Crippen molar-refractivity contribution in [1.82, 2.24) is 4.90 Å². The molecule has 0 unspecified atom stereocenters. The number of carbonyl (C=O) groups is 1. The molecule has 1 aliphatic heterocycles. The minimum absolute atomic E-state index is 0.0605. The molecule has 0 spiro atoms. The van der Waals surface area contributed by atoms with Gasteiger partial charge in [-0.2, -0.15) is 0 Å². The Hall–Kier alpha value is -2.15. The van der Waals surface area contributed by atoms with Crippen molar-refractivity contribution in [1.29, 1.82) is 0 Å². The topological polar surface area (TPSA) is 60.4 Å². The maximum atomic E-state index is 12.6. The van der Waals surface area contributed by atoms with Crippen LogP contribution in [-0.2, 0) is 4.79 Å². The van der Waals surface area contributed by atoms with Gasteiger partial charge in [0.15, 0.2) is 5.17 Å². The molecule has 0 aromatic heterocycles. The van der Waals surface area contributed by atoms with E-state index in [0.29, 0.717) is 40.8 Å². The van der Waals surface area contributed by atoms with Crippen molar-refractivity contribution in [2.45, 2.75) is 13.8 Å². The second kappa shape index (κ2) is 8.10. The molecule has 6 nitrogen and oxygen atoms in total. The maximum Gasteiger partial charge on any atom is 0.266 e. The molecule has 1 aliphatic rings. The number of methoxy groups -OCH3 is 3. The van der Waals surface area contributed by atoms with Gasteiger partial charge in [-0.05, 0) is 31.7 Å². The van der Waals surface area contributed by atoms with E-state index in [4.69, 9.17) is 14.2 Å². The summed E-state index contributed by atoms with van der Waals surface area (Å²) < 4.78 is 16.1. The molecule has 1 aromatic carbocycles. The van der Waals surface area contributed by atoms with Crippen LogP contribution in [-0.4, -0.2) is 50.4 Å². The highest BCUT2D eigenvalue weighted by Gasteiger charge is 2.32. The number of benzene rings is 1. The zero-order chi connectivity index (χ0) is 17.7. The van der Waals surface area contributed by atoms with E-state index < -0.39 is 0 Å². The summed E-state index contributed by atoms with van der Waals surface area (Å²) in [6.07, 6.45) is 1.78. The lowest BCUT2D eigenvalue weighted by Crippen LogP contribution is -2.28. The number of rotatable bonds is 6. The van der Waals surface area contributed by atoms with E-state index in [0.717, 1.165) is 5.17 Å². The van der Waals surface area contributed by atoms with Gasteiger partial charge in [-0.15, -0.1) is 0 Å². The number of ether oxygens (including phenoxy) is 3. The summed E-state index contributed by atoms with van der Waals surface area (Å²) in [7, 11) is 4.72. The molecule has 0 bridgehead atoms. The van der Waals surface area contributed by atoms with E-state index in [2.05, 4.69) is 4.99 Å². The average molecular weight is 350 g/mol. The number of aliphatic imine (C=N–C) groups is 1. The third-order valence-electron chi connectivity index (χ3n) is 3.53. The number of amidine groups is 1. The molecule has 0 aliphatic carbocycles. The number of hydrogen-bond acceptors (Lipinski definition) is 6. The highest BCUT2D eigenvalue weighted by Crippen LogP contribution is 2.39. The Morgan fingerprint density at radius 1 is 1.12 bits per heavy atom. The zero-order valence-electron chi connectivity index (χ0n) is 14.6. The van der Waals surface area contributed by atoms with Crippen molar-refractivity contribution >= 4 is 28.9 Å². The Balaban J connectivity index is 2.51. The standard InChI is InChI=1S/C17H22N2O4S/c1-6-18-17-19(7-2)16(20)15(24-17)10-12-13(22-4)8-11(21-3)9-14(12)23-5/h8-10H,6-7H2,1-5H3/b15-10+,18-17?. The second-order valence-corrected chi connectivity index (χ2v) is 5.87. The first kappa shape index (κ1) is 18.2. The van der Waals surface area contributed by atoms with Crippen molar-refractivity contribution in [3.05, 3.63) is 22.6 Å². The van der Waals surface area contributed by atoms with Crippen LogP contribution in [0.15, 0.2) is 22.0 Å². The van der Waals surface area contributed by atoms with E-state index in [1.807, 2.05) is 13.8 Å². The molecule has 7 heteroatoms. The summed E-state index contributed by atoms with van der Waals surface area (Å²) in [6.45, 7) is 5.09. The number of amides is 1. The molecule has 1 heterocycles. The first-order chi connectivity index (χ1) is 11.6. The second-order valence-electron chi connectivity index (χ2n) is 4.86. The molecule has 0 saturated carbocycles. The molecule has 2 rings (SSSR count). The van der Waals surface area contributed by atoms with E-state index in [-0.39, 0.29) is 5.91 Å². The molecule has 1 aromatic rings. The van der Waals surface area contributed by atoms with Crippen LogP contribution < -0.4 is 14.2 Å². The lowest BCUT2D eigenvalue weighted by molar-refractivity contribution is -0.122. The van der Waals surface area contributed by atoms with E-state index >= 15 is 0 Å². The third-order valence-corrected chi connectivity index (χ3v) is 4.57. The molecule has 1 saturated heterocycles. The van der Waals surface area contributed by atoms with Crippen LogP contribution in [0.3, 0.4) is 0 Å². The normalized spacial score (nSPS) is 17.7. The molecular formula is C17H22N2O4S. The van der Waals surface area contributed by atoms with Crippen LogP contribution in [0.2, 0.25) is 0 Å². The Morgan fingerprint density at radius 3 is 2.21 bits per heavy atom. The van der Waals surface area contributed by atoms with Gasteiger partial charge in [-0.1, -0.05) is 0 Å². The van der Waals surface area contributed by atoms with Crippen LogP contribution in [0.1, 0.15) is 19.4 Å². The number of hydrogen-bond donors (Lipinski definition) is 0. The van der Waals surface area contributed by atoms with Gasteiger partial charge in [0.2, 0.25) is 0 Å². The van der Waals surface area contributed by atoms with Crippen LogP contribution in [0.4, 0.5) is 0 Å². The fraction of sp³-hybridized carbons (Fsp3) is 0.412. The molecule has 24 heavy (non-hydrogen) atoms. The Morgan fingerprint density at radius 2 is 1.75 bits per heavy atom. The van der Waals surface area contributed by atoms with Gasteiger partial charge in [0.1, 0.15) is 17.2 Å². The number of nitrogens with zero attached hydrogens (tertiary/aromatic N) is 2. The van der Waals surface area contributed by atoms with Gasteiger partial charge in [0.05, 0.1) is 31.8 Å². The van der Waals surface area contributed by atoms with Gasteiger partial charge in [-0.3, -0.25) is 14.7 Å². The molecular weight excluding hydrogens is 328 g/mol. The largest absolute Gasteiger partial charge is 0.496 e. The van der Waals surface area contributed by atoms with Gasteiger partial charge in [-0.25, -0.2) is 0 Å². The predicted octanol–water partition coefficient (Wildman–Crippen LogP) is 3.02. The molecule has 130 valence electrons. The van der Waals surface area contributed by atoms with Crippen molar-refractivity contribution in [3.8, 4) is 17.2 Å². The van der Waals surface area contributed by atoms with Gasteiger partial charge in [0.25, 0.3) is 5.91 Å². The Bertz CT molecular complexity index is 660. The average Bonchev–Trinajstić information content (AvgIpc) is 2.90. The molecule has 0 N–H and O–H groups in total. The number of carbonyl (C=O) groups excluding carboxylic acids is 1. The minimum Gasteiger partial charge on any atom is -0.496 e. The Kier molecular flexibility index (Phi) is 6.14. The van der Waals surface area contributed by atoms with Crippen molar-refractivity contribution in [3.63, 3.8) is 0 Å². The first-order valence-corrected chi connectivity index (χ1v) is 8.47. The third kappa shape index (κ3) is 3.51. The molecule has 0 radical (unpaired) electrons. The van der Waals surface area contributed by atoms with Gasteiger partial charge in [0, 0.05) is 25.2 Å². The molecule has 0 atom stereocenters. The highest BCUT2D eigenvalue weighted by molar-refractivity contribution is 8.18. The maximum absolute atomic E-state index is 12.6. The van der Waals surface area contributed by atoms with E-state index in [9.17, 15) is 4.79 Å². The van der Waals surface area contributed by atoms with Gasteiger partial charge >= 0.3 is 0 Å². The van der Waals surface area contributed by atoms with Crippen LogP contribution in [0.5, 0.6) is 17.2 Å². The Labute approximate surface area is 146 Å². The summed E-state index contributed by atoms with van der Waals surface area (Å²) in [5.74, 6) is 1.72. The monoisotopic (exact) mass is 350 g/mol. The summed E-state index contributed by atoms with van der Waals surface area (Å²) >= 11 is 1.36. The molecule has 1 fully saturated rings. The fourth-order valence-electron chi connectivity index (χ4n) is 2.35. The van der Waals surface area contributed by atoms with Gasteiger partial charge < -0.3 is 14.2 Å². The summed E-state index contributed by atoms with van der Waals surface area (Å²) in [6, 6.07) is 3.52. The van der Waals surface area contributed by atoms with Crippen LogP contribution in [0.25, 0.3) is 6.08 Å². The first-order valence-electron chi connectivity index (χ1n) is 7.65. The lowest BCUT2D eigenvalue weighted by Gasteiger charge is -2.13. The zero-order valence-corrected chi connectivity index (χ0v) is 15.4. The van der Waals surface area contributed by atoms with Crippen LogP contribution >= 0.6 is 11.8 Å². The summed E-state index contributed by atoms with van der Waals surface area (Å²) in [5, 5.41) is 0.725. The fourth-order valence-corrected chi connectivity index (χ4v) is 3.43. The van der Waals surface area contributed by atoms with E-state index in [1.54, 1.807) is 44.4 Å². The molecule has 1 amide bonds. The van der Waals surface area contributed by atoms with Crippen molar-refractivity contribution in [2.24, 2.45) is 4.99 Å². The quantitative estimate of drug-likeness (QED) is 0.738. The van der Waals surface area contributed by atoms with Crippen LogP contribution in [0, 0.1) is 0 Å². The summed E-state index contributed by atoms with van der Waals surface area (Å²) in [5.41, 5.74) is 0.699. The number of likely N-dealkylation sites (N-methyl/N-ethyl adjacent to an activating group) is 1. The SMILES string of the molecule is CCN=C1S/C(=C/c2c(OC)cc(OC)cc2OC)C(=O)N1CC. The van der Waals surface area contributed by atoms with E-state index in [1.165, 1.54) is 11.8 Å². The smallest absolute Gasteiger partial charge is 0.266 e. The minimum atomic E-state index is -0.0605. The summed E-state index contributed by atoms with van der Waals surface area (Å²) in [4.78, 5) is 19.2. The lowest BCUT2D eigenvalue weighted by atomic mass is 10.1. The highest BCUT2D eigenvalue weighted by atomic mass is 32.2. The predicted molar refractivity (Wildman–Crippen MR) is 97.0 cm³/mol. The van der Waals surface area contributed by atoms with Crippen molar-refractivity contribution < 1.29 is 19.0 Å².